The number of ether oxygens (including phenoxy) is 1. The number of oxazole rings is 1. The zero-order valence-electron chi connectivity index (χ0n) is 11.1. The lowest BCUT2D eigenvalue weighted by atomic mass is 10.3. The highest BCUT2D eigenvalue weighted by Gasteiger charge is 2.21. The van der Waals surface area contributed by atoms with Gasteiger partial charge in [-0.3, -0.25) is 4.68 Å². The highest BCUT2D eigenvalue weighted by molar-refractivity contribution is 5.92. The molecule has 7 nitrogen and oxygen atoms in total. The van der Waals surface area contributed by atoms with Gasteiger partial charge in [-0.25, -0.2) is 4.79 Å². The molecule has 0 amide bonds. The predicted octanol–water partition coefficient (Wildman–Crippen LogP) is 1.40. The van der Waals surface area contributed by atoms with Gasteiger partial charge in [0.1, 0.15) is 5.69 Å². The van der Waals surface area contributed by atoms with E-state index in [1.54, 1.807) is 18.7 Å². The zero-order chi connectivity index (χ0) is 14.0. The molecule has 7 heteroatoms. The number of nitrogens with two attached hydrogens (primary N) is 1. The Bertz CT molecular complexity index is 600. The van der Waals surface area contributed by atoms with Gasteiger partial charge in [-0.15, -0.1) is 0 Å². The molecule has 0 bridgehead atoms. The van der Waals surface area contributed by atoms with E-state index in [1.807, 2.05) is 13.0 Å². The van der Waals surface area contributed by atoms with Crippen LogP contribution in [-0.4, -0.2) is 27.3 Å². The van der Waals surface area contributed by atoms with E-state index in [1.165, 1.54) is 0 Å². The first kappa shape index (κ1) is 13.1. The molecule has 2 aromatic heterocycles. The van der Waals surface area contributed by atoms with Gasteiger partial charge in [-0.1, -0.05) is 6.92 Å². The van der Waals surface area contributed by atoms with Crippen LogP contribution in [0, 0.1) is 0 Å². The molecular formula is C12H16N4O3. The van der Waals surface area contributed by atoms with Crippen LogP contribution in [0.2, 0.25) is 0 Å². The Balaban J connectivity index is 2.38. The summed E-state index contributed by atoms with van der Waals surface area (Å²) in [7, 11) is 1.78. The summed E-state index contributed by atoms with van der Waals surface area (Å²) >= 11 is 0. The molecule has 0 aliphatic rings. The van der Waals surface area contributed by atoms with Gasteiger partial charge in [0.2, 0.25) is 17.5 Å². The number of anilines is 1. The topological polar surface area (TPSA) is 96.2 Å². The maximum atomic E-state index is 11.6. The standard InChI is InChI=1S/C12H16N4O3/c1-4-7-6-8(16(3)15-7)11-14-9(10(13)19-11)12(17)18-5-2/h6H,4-5,13H2,1-3H3. The molecule has 0 unspecified atom stereocenters. The smallest absolute Gasteiger partial charge is 0.362 e. The lowest BCUT2D eigenvalue weighted by molar-refractivity contribution is 0.0521. The number of nitrogens with zero attached hydrogens (tertiary/aromatic N) is 3. The van der Waals surface area contributed by atoms with Crippen LogP contribution in [0.3, 0.4) is 0 Å². The van der Waals surface area contributed by atoms with E-state index in [0.717, 1.165) is 12.1 Å². The summed E-state index contributed by atoms with van der Waals surface area (Å²) in [5, 5.41) is 4.29. The SMILES string of the molecule is CCOC(=O)c1nc(-c2cc(CC)nn2C)oc1N. The molecule has 2 rings (SSSR count). The van der Waals surface area contributed by atoms with Crippen molar-refractivity contribution in [1.29, 1.82) is 0 Å². The van der Waals surface area contributed by atoms with E-state index in [-0.39, 0.29) is 24.1 Å². The largest absolute Gasteiger partial charge is 0.461 e. The number of nitrogen functional groups attached to an aromatic ring is 1. The number of carbonyl (C=O) groups excluding carboxylic acids is 1. The van der Waals surface area contributed by atoms with Crippen molar-refractivity contribution in [3.8, 4) is 11.6 Å². The molecule has 2 aromatic rings. The van der Waals surface area contributed by atoms with Crippen molar-refractivity contribution in [2.24, 2.45) is 7.05 Å². The quantitative estimate of drug-likeness (QED) is 0.838. The molecule has 2 heterocycles. The van der Waals surface area contributed by atoms with Crippen LogP contribution in [0.15, 0.2) is 10.5 Å². The first-order valence-electron chi connectivity index (χ1n) is 6.03. The Morgan fingerprint density at radius 2 is 2.26 bits per heavy atom. The Morgan fingerprint density at radius 3 is 2.84 bits per heavy atom. The molecule has 0 saturated carbocycles. The van der Waals surface area contributed by atoms with Crippen molar-refractivity contribution in [1.82, 2.24) is 14.8 Å². The summed E-state index contributed by atoms with van der Waals surface area (Å²) in [5.74, 6) is -0.379. The molecule has 0 aromatic carbocycles. The van der Waals surface area contributed by atoms with Crippen molar-refractivity contribution >= 4 is 11.9 Å². The Labute approximate surface area is 110 Å². The van der Waals surface area contributed by atoms with E-state index < -0.39 is 5.97 Å². The summed E-state index contributed by atoms with van der Waals surface area (Å²) in [4.78, 5) is 15.7. The van der Waals surface area contributed by atoms with Crippen LogP contribution in [0.4, 0.5) is 5.88 Å². The fraction of sp³-hybridized carbons (Fsp3) is 0.417. The Morgan fingerprint density at radius 1 is 1.53 bits per heavy atom. The summed E-state index contributed by atoms with van der Waals surface area (Å²) in [6, 6.07) is 1.85. The van der Waals surface area contributed by atoms with Gasteiger partial charge in [0.05, 0.1) is 12.3 Å². The normalized spacial score (nSPS) is 10.7. The van der Waals surface area contributed by atoms with Crippen molar-refractivity contribution in [3.05, 3.63) is 17.5 Å². The molecule has 0 aliphatic heterocycles. The minimum Gasteiger partial charge on any atom is -0.461 e. The molecule has 102 valence electrons. The van der Waals surface area contributed by atoms with E-state index in [4.69, 9.17) is 14.9 Å². The Hall–Kier alpha value is -2.31. The molecular weight excluding hydrogens is 248 g/mol. The number of rotatable bonds is 4. The first-order chi connectivity index (χ1) is 9.06. The summed E-state index contributed by atoms with van der Waals surface area (Å²) < 4.78 is 11.8. The van der Waals surface area contributed by atoms with E-state index >= 15 is 0 Å². The second-order valence-corrected chi connectivity index (χ2v) is 3.95. The number of aromatic nitrogens is 3. The van der Waals surface area contributed by atoms with Crippen molar-refractivity contribution < 1.29 is 13.9 Å². The monoisotopic (exact) mass is 264 g/mol. The van der Waals surface area contributed by atoms with E-state index in [2.05, 4.69) is 10.1 Å². The van der Waals surface area contributed by atoms with Crippen LogP contribution < -0.4 is 5.73 Å². The zero-order valence-corrected chi connectivity index (χ0v) is 11.1. The van der Waals surface area contributed by atoms with Crippen LogP contribution in [-0.2, 0) is 18.2 Å². The van der Waals surface area contributed by atoms with Crippen molar-refractivity contribution in [2.75, 3.05) is 12.3 Å². The molecule has 0 spiro atoms. The van der Waals surface area contributed by atoms with Crippen LogP contribution in [0.1, 0.15) is 30.0 Å². The fourth-order valence-corrected chi connectivity index (χ4v) is 1.69. The van der Waals surface area contributed by atoms with E-state index in [9.17, 15) is 4.79 Å². The molecule has 0 aliphatic carbocycles. The van der Waals surface area contributed by atoms with Gasteiger partial charge in [0, 0.05) is 7.05 Å². The number of esters is 1. The van der Waals surface area contributed by atoms with Gasteiger partial charge < -0.3 is 14.9 Å². The van der Waals surface area contributed by atoms with Crippen molar-refractivity contribution in [3.63, 3.8) is 0 Å². The number of aryl methyl sites for hydroxylation is 2. The van der Waals surface area contributed by atoms with Gasteiger partial charge in [0.25, 0.3) is 0 Å². The van der Waals surface area contributed by atoms with Gasteiger partial charge in [0.15, 0.2) is 0 Å². The predicted molar refractivity (Wildman–Crippen MR) is 68.5 cm³/mol. The average molecular weight is 264 g/mol. The number of carbonyl (C=O) groups is 1. The highest BCUT2D eigenvalue weighted by atomic mass is 16.5. The third kappa shape index (κ3) is 2.44. The second kappa shape index (κ2) is 5.13. The molecule has 2 N–H and O–H groups in total. The minimum absolute atomic E-state index is 0.00361. The second-order valence-electron chi connectivity index (χ2n) is 3.95. The average Bonchev–Trinajstić information content (AvgIpc) is 2.92. The van der Waals surface area contributed by atoms with Crippen LogP contribution in [0.5, 0.6) is 0 Å². The molecule has 0 atom stereocenters. The van der Waals surface area contributed by atoms with Crippen molar-refractivity contribution in [2.45, 2.75) is 20.3 Å². The summed E-state index contributed by atoms with van der Waals surface area (Å²) in [6.45, 7) is 3.97. The highest BCUT2D eigenvalue weighted by Crippen LogP contribution is 2.24. The summed E-state index contributed by atoms with van der Waals surface area (Å²) in [6.07, 6.45) is 0.800. The first-order valence-corrected chi connectivity index (χ1v) is 6.03. The van der Waals surface area contributed by atoms with Gasteiger partial charge in [-0.2, -0.15) is 10.1 Å². The molecule has 19 heavy (non-hydrogen) atoms. The molecule has 0 radical (unpaired) electrons. The molecule has 0 fully saturated rings. The third-order valence-electron chi connectivity index (χ3n) is 2.63. The van der Waals surface area contributed by atoms with Gasteiger partial charge >= 0.3 is 5.97 Å². The summed E-state index contributed by atoms with van der Waals surface area (Å²) in [5.41, 5.74) is 7.21. The van der Waals surface area contributed by atoms with Crippen LogP contribution >= 0.6 is 0 Å². The Kier molecular flexibility index (Phi) is 3.55. The minimum atomic E-state index is -0.590. The van der Waals surface area contributed by atoms with Crippen LogP contribution in [0.25, 0.3) is 11.6 Å². The maximum Gasteiger partial charge on any atom is 0.362 e. The number of hydrogen-bond donors (Lipinski definition) is 1. The fourth-order valence-electron chi connectivity index (χ4n) is 1.69. The molecule has 0 saturated heterocycles. The van der Waals surface area contributed by atoms with Gasteiger partial charge in [-0.05, 0) is 19.4 Å². The van der Waals surface area contributed by atoms with E-state index in [0.29, 0.717) is 5.69 Å². The lowest BCUT2D eigenvalue weighted by Crippen LogP contribution is -2.07. The number of hydrogen-bond acceptors (Lipinski definition) is 6. The third-order valence-corrected chi connectivity index (χ3v) is 2.63. The lowest BCUT2D eigenvalue weighted by Gasteiger charge is -1.96. The maximum absolute atomic E-state index is 11.6.